The van der Waals surface area contributed by atoms with Gasteiger partial charge in [-0.15, -0.1) is 0 Å². The van der Waals surface area contributed by atoms with Gasteiger partial charge in [-0.05, 0) is 12.8 Å². The Bertz CT molecular complexity index is 281. The lowest BCUT2D eigenvalue weighted by atomic mass is 10.0. The van der Waals surface area contributed by atoms with E-state index in [-0.39, 0.29) is 3.92 Å². The van der Waals surface area contributed by atoms with Crippen LogP contribution in [0.5, 0.6) is 0 Å². The van der Waals surface area contributed by atoms with E-state index in [4.69, 9.17) is 10.2 Å². The van der Waals surface area contributed by atoms with E-state index < -0.39 is 11.9 Å². The van der Waals surface area contributed by atoms with Crippen molar-refractivity contribution >= 4 is 34.5 Å². The van der Waals surface area contributed by atoms with Gasteiger partial charge in [-0.2, -0.15) is 0 Å². The molecule has 1 unspecified atom stereocenters. The molecule has 0 aromatic heterocycles. The minimum absolute atomic E-state index is 0.233. The maximum absolute atomic E-state index is 10.6. The van der Waals surface area contributed by atoms with E-state index in [2.05, 4.69) is 0 Å². The minimum atomic E-state index is -0.695. The highest BCUT2D eigenvalue weighted by atomic mass is 127. The van der Waals surface area contributed by atoms with E-state index in [0.29, 0.717) is 6.42 Å². The molecule has 0 spiro atoms. The van der Waals surface area contributed by atoms with Crippen LogP contribution in [0, 0.1) is 0 Å². The summed E-state index contributed by atoms with van der Waals surface area (Å²) in [6.07, 6.45) is 13.7. The highest BCUT2D eigenvalue weighted by molar-refractivity contribution is 14.1. The second-order valence-corrected chi connectivity index (χ2v) is 7.13. The fraction of sp³-hybridized carbons (Fsp3) is 0.875. The van der Waals surface area contributed by atoms with Crippen LogP contribution in [0.3, 0.4) is 0 Å². The zero-order chi connectivity index (χ0) is 15.9. The zero-order valence-corrected chi connectivity index (χ0v) is 15.0. The molecule has 1 atom stereocenters. The molecule has 0 bridgehead atoms. The molecular weight excluding hydrogens is 383 g/mol. The Hall–Kier alpha value is -0.330. The molecule has 2 N–H and O–H groups in total. The number of hydrogen-bond acceptors (Lipinski definition) is 2. The molecule has 124 valence electrons. The molecule has 0 rings (SSSR count). The van der Waals surface area contributed by atoms with Crippen LogP contribution in [0.4, 0.5) is 0 Å². The number of carbonyl (C=O) groups is 2. The summed E-state index contributed by atoms with van der Waals surface area (Å²) in [6, 6.07) is 0. The number of unbranched alkanes of at least 4 members (excludes halogenated alkanes) is 10. The second-order valence-electron chi connectivity index (χ2n) is 5.63. The van der Waals surface area contributed by atoms with Crippen LogP contribution in [-0.4, -0.2) is 26.1 Å². The standard InChI is InChI=1S/C16H29IO4/c17-14(16(20)21)12-10-8-6-4-2-1-3-5-7-9-11-13-15(18)19/h14H,1-13H2,(H,18,19)(H,20,21). The first-order chi connectivity index (χ1) is 10.0. The minimum Gasteiger partial charge on any atom is -0.481 e. The maximum atomic E-state index is 10.6. The highest BCUT2D eigenvalue weighted by Crippen LogP contribution is 2.15. The van der Waals surface area contributed by atoms with Gasteiger partial charge >= 0.3 is 11.9 Å². The van der Waals surface area contributed by atoms with E-state index in [0.717, 1.165) is 38.5 Å². The third-order valence-electron chi connectivity index (χ3n) is 3.62. The number of hydrogen-bond donors (Lipinski definition) is 2. The average molecular weight is 412 g/mol. The van der Waals surface area contributed by atoms with Gasteiger partial charge in [0.1, 0.15) is 3.92 Å². The third kappa shape index (κ3) is 15.9. The molecule has 4 nitrogen and oxygen atoms in total. The Morgan fingerprint density at radius 3 is 1.48 bits per heavy atom. The first kappa shape index (κ1) is 20.7. The molecule has 0 saturated heterocycles. The number of alkyl halides is 1. The van der Waals surface area contributed by atoms with Crippen molar-refractivity contribution in [1.82, 2.24) is 0 Å². The largest absolute Gasteiger partial charge is 0.481 e. The normalized spacial score (nSPS) is 12.2. The Labute approximate surface area is 141 Å². The van der Waals surface area contributed by atoms with Crippen LogP contribution in [0.25, 0.3) is 0 Å². The first-order valence-electron chi connectivity index (χ1n) is 8.12. The monoisotopic (exact) mass is 412 g/mol. The van der Waals surface area contributed by atoms with E-state index >= 15 is 0 Å². The summed E-state index contributed by atoms with van der Waals surface area (Å²) in [7, 11) is 0. The quantitative estimate of drug-likeness (QED) is 0.225. The van der Waals surface area contributed by atoms with Crippen LogP contribution in [0.15, 0.2) is 0 Å². The van der Waals surface area contributed by atoms with Crippen molar-refractivity contribution in [2.45, 2.75) is 87.4 Å². The van der Waals surface area contributed by atoms with Crippen LogP contribution in [0.2, 0.25) is 0 Å². The van der Waals surface area contributed by atoms with Crippen molar-refractivity contribution in [3.63, 3.8) is 0 Å². The molecule has 0 radical (unpaired) electrons. The molecule has 0 aliphatic carbocycles. The van der Waals surface area contributed by atoms with Crippen LogP contribution in [0.1, 0.15) is 83.5 Å². The van der Waals surface area contributed by atoms with Gasteiger partial charge in [0.2, 0.25) is 0 Å². The highest BCUT2D eigenvalue weighted by Gasteiger charge is 2.11. The van der Waals surface area contributed by atoms with Crippen molar-refractivity contribution in [2.75, 3.05) is 0 Å². The molecule has 0 aliphatic heterocycles. The van der Waals surface area contributed by atoms with Gasteiger partial charge in [0.15, 0.2) is 0 Å². The summed E-state index contributed by atoms with van der Waals surface area (Å²) in [5.41, 5.74) is 0. The number of carboxylic acids is 2. The van der Waals surface area contributed by atoms with Gasteiger partial charge in [-0.1, -0.05) is 86.8 Å². The molecule has 5 heteroatoms. The molecule has 0 fully saturated rings. The third-order valence-corrected chi connectivity index (χ3v) is 4.77. The molecular formula is C16H29IO4. The SMILES string of the molecule is O=C(O)CCCCCCCCCCCCCC(I)C(=O)O. The molecule has 0 saturated carbocycles. The number of carboxylic acid groups (broad SMARTS) is 2. The summed E-state index contributed by atoms with van der Waals surface area (Å²) >= 11 is 2.00. The predicted octanol–water partition coefficient (Wildman–Crippen LogP) is 5.03. The summed E-state index contributed by atoms with van der Waals surface area (Å²) in [6.45, 7) is 0. The van der Waals surface area contributed by atoms with E-state index in [1.807, 2.05) is 22.6 Å². The lowest BCUT2D eigenvalue weighted by Gasteiger charge is -2.04. The van der Waals surface area contributed by atoms with Crippen LogP contribution < -0.4 is 0 Å². The number of halogens is 1. The summed E-state index contributed by atoms with van der Waals surface area (Å²) in [5.74, 6) is -1.38. The van der Waals surface area contributed by atoms with E-state index in [1.54, 1.807) is 0 Å². The van der Waals surface area contributed by atoms with Crippen molar-refractivity contribution in [1.29, 1.82) is 0 Å². The summed E-state index contributed by atoms with van der Waals surface area (Å²) < 4.78 is -0.233. The maximum Gasteiger partial charge on any atom is 0.316 e. The first-order valence-corrected chi connectivity index (χ1v) is 9.37. The van der Waals surface area contributed by atoms with Crippen molar-refractivity contribution in [2.24, 2.45) is 0 Å². The predicted molar refractivity (Wildman–Crippen MR) is 93.1 cm³/mol. The van der Waals surface area contributed by atoms with Crippen molar-refractivity contribution in [3.8, 4) is 0 Å². The summed E-state index contributed by atoms with van der Waals surface area (Å²) in [5, 5.41) is 17.3. The Morgan fingerprint density at radius 1 is 0.714 bits per heavy atom. The summed E-state index contributed by atoms with van der Waals surface area (Å²) in [4.78, 5) is 21.0. The fourth-order valence-electron chi connectivity index (χ4n) is 2.31. The Kier molecular flexibility index (Phi) is 14.4. The second kappa shape index (κ2) is 14.6. The number of rotatable bonds is 15. The molecule has 0 aliphatic rings. The van der Waals surface area contributed by atoms with Gasteiger partial charge in [0.25, 0.3) is 0 Å². The lowest BCUT2D eigenvalue weighted by Crippen LogP contribution is -2.11. The molecule has 0 heterocycles. The van der Waals surface area contributed by atoms with Crippen molar-refractivity contribution < 1.29 is 19.8 Å². The van der Waals surface area contributed by atoms with Gasteiger partial charge in [-0.25, -0.2) is 0 Å². The van der Waals surface area contributed by atoms with Crippen LogP contribution >= 0.6 is 22.6 Å². The van der Waals surface area contributed by atoms with Gasteiger partial charge < -0.3 is 10.2 Å². The number of aliphatic carboxylic acids is 2. The lowest BCUT2D eigenvalue weighted by molar-refractivity contribution is -0.137. The Balaban J connectivity index is 3.09. The van der Waals surface area contributed by atoms with E-state index in [9.17, 15) is 9.59 Å². The van der Waals surface area contributed by atoms with E-state index in [1.165, 1.54) is 38.5 Å². The zero-order valence-electron chi connectivity index (χ0n) is 12.9. The van der Waals surface area contributed by atoms with Crippen LogP contribution in [-0.2, 0) is 9.59 Å². The molecule has 0 aromatic rings. The Morgan fingerprint density at radius 2 is 1.10 bits per heavy atom. The van der Waals surface area contributed by atoms with Gasteiger partial charge in [0, 0.05) is 6.42 Å². The topological polar surface area (TPSA) is 74.6 Å². The fourth-order valence-corrected chi connectivity index (χ4v) is 2.75. The van der Waals surface area contributed by atoms with Crippen molar-refractivity contribution in [3.05, 3.63) is 0 Å². The molecule has 21 heavy (non-hydrogen) atoms. The molecule has 0 amide bonds. The van der Waals surface area contributed by atoms with Gasteiger partial charge in [0.05, 0.1) is 0 Å². The van der Waals surface area contributed by atoms with Gasteiger partial charge in [-0.3, -0.25) is 9.59 Å². The average Bonchev–Trinajstić information content (AvgIpc) is 2.43. The molecule has 0 aromatic carbocycles. The smallest absolute Gasteiger partial charge is 0.316 e.